The van der Waals surface area contributed by atoms with Crippen LogP contribution in [0.3, 0.4) is 0 Å². The van der Waals surface area contributed by atoms with E-state index in [1.807, 2.05) is 30.3 Å². The van der Waals surface area contributed by atoms with Gasteiger partial charge >= 0.3 is 108 Å². The van der Waals surface area contributed by atoms with Crippen molar-refractivity contribution in [2.24, 2.45) is 0 Å². The van der Waals surface area contributed by atoms with Gasteiger partial charge in [-0.05, 0) is 55.9 Å². The maximum Gasteiger partial charge on any atom is -0.172 e. The van der Waals surface area contributed by atoms with E-state index in [9.17, 15) is 8.78 Å². The van der Waals surface area contributed by atoms with Crippen molar-refractivity contribution in [2.75, 3.05) is 0 Å². The van der Waals surface area contributed by atoms with Crippen molar-refractivity contribution in [2.45, 2.75) is 111 Å². The van der Waals surface area contributed by atoms with Gasteiger partial charge in [0.25, 0.3) is 0 Å². The van der Waals surface area contributed by atoms with Crippen molar-refractivity contribution >= 4 is 3.21 Å². The molecule has 1 aliphatic rings. The molecule has 7 aromatic rings. The van der Waals surface area contributed by atoms with Gasteiger partial charge in [0.05, 0.1) is 0 Å². The van der Waals surface area contributed by atoms with Crippen molar-refractivity contribution in [1.29, 1.82) is 0 Å². The summed E-state index contributed by atoms with van der Waals surface area (Å²) >= 11 is 1.22. The van der Waals surface area contributed by atoms with Crippen molar-refractivity contribution in [3.05, 3.63) is 208 Å². The molecule has 0 atom stereocenters. The molecule has 7 aromatic carbocycles. The Hall–Kier alpha value is -4.14. The molecular formula is C59H62Cl2F2Zr-2. The van der Waals surface area contributed by atoms with Crippen LogP contribution in [0.2, 0.25) is 0 Å². The second-order valence-corrected chi connectivity index (χ2v) is 21.9. The molecule has 0 saturated heterocycles. The summed E-state index contributed by atoms with van der Waals surface area (Å²) in [5.41, 5.74) is 18.5. The average Bonchev–Trinajstić information content (AvgIpc) is 3.91. The van der Waals surface area contributed by atoms with Crippen molar-refractivity contribution < 1.29 is 57.8 Å². The third kappa shape index (κ3) is 12.4. The number of halogens is 4. The summed E-state index contributed by atoms with van der Waals surface area (Å²) in [6, 6.07) is 52.2. The standard InChI is InChI=1S/C41H49.C13H8F2.C5H5.2ClH.Zr/c1-38(2,3)34-19-15-13-17-28(34)32-22-26-21-27-23-33(29-18-14-16-20-35(29)39(4,5)6)37(41(10,11)12)25-31(27)30(26)24-36(32)40(7,8)9;14-12-5-1-10(2-6-12)9-11-3-7-13(15)8-4-11;1-2-4-5-3-1;;;/h13-20,22,24-25H,21H2,1-12H3;1-8H;1-5H;2*1H;/q-1;;-1;;;+2/p-2. The fraction of sp³-hybridized carbons (Fsp3) is 0.288. The van der Waals surface area contributed by atoms with Crippen LogP contribution in [0.25, 0.3) is 33.4 Å². The number of hydrogen-bond donors (Lipinski definition) is 0. The van der Waals surface area contributed by atoms with E-state index in [1.165, 1.54) is 115 Å². The molecule has 1 aliphatic carbocycles. The third-order valence-corrected chi connectivity index (χ3v) is 12.9. The SMILES string of the molecule is CC(C)(C)c1cc2c([c-]c1-c1ccccc1C(C)(C)C)Cc1cc(-c3ccccc3C(C)(C)C)c(C(C)(C)C)cc1-2.Fc1ccc([C](=[Zr+2])c2ccc(F)cc2)cc1.[Cl-].[Cl-].c1cc[cH-]c1. The monoisotopic (exact) mass is 968 g/mol. The molecule has 0 bridgehead atoms. The van der Waals surface area contributed by atoms with Crippen LogP contribution in [-0.4, -0.2) is 3.21 Å². The van der Waals surface area contributed by atoms with E-state index in [0.717, 1.165) is 20.8 Å². The molecule has 0 N–H and O–H groups in total. The zero-order valence-electron chi connectivity index (χ0n) is 39.6. The Labute approximate surface area is 410 Å². The van der Waals surface area contributed by atoms with Gasteiger partial charge in [0.2, 0.25) is 0 Å². The smallest absolute Gasteiger partial charge is 0.172 e. The van der Waals surface area contributed by atoms with Crippen LogP contribution in [0.15, 0.2) is 146 Å². The minimum Gasteiger partial charge on any atom is -1.00 e. The number of fused-ring (bicyclic) bond motifs is 3. The normalized spacial score (nSPS) is 12.0. The summed E-state index contributed by atoms with van der Waals surface area (Å²) in [4.78, 5) is 0. The third-order valence-electron chi connectivity index (χ3n) is 11.5. The number of rotatable bonds is 4. The molecule has 0 fully saturated rings. The second kappa shape index (κ2) is 21.0. The van der Waals surface area contributed by atoms with Crippen molar-refractivity contribution in [3.8, 4) is 33.4 Å². The van der Waals surface area contributed by atoms with Gasteiger partial charge in [-0.2, -0.15) is 18.2 Å². The topological polar surface area (TPSA) is 0 Å². The van der Waals surface area contributed by atoms with E-state index >= 15 is 0 Å². The molecule has 8 rings (SSSR count). The van der Waals surface area contributed by atoms with Gasteiger partial charge in [-0.1, -0.05) is 166 Å². The maximum atomic E-state index is 12.8. The van der Waals surface area contributed by atoms with Crippen LogP contribution in [0, 0.1) is 17.7 Å². The summed E-state index contributed by atoms with van der Waals surface area (Å²) in [5.74, 6) is -0.488. The molecule has 0 unspecified atom stereocenters. The van der Waals surface area contributed by atoms with Crippen LogP contribution in [0.1, 0.15) is 128 Å². The minimum atomic E-state index is -0.244. The first-order valence-corrected chi connectivity index (χ1v) is 23.0. The van der Waals surface area contributed by atoms with Crippen LogP contribution >= 0.6 is 0 Å². The summed E-state index contributed by atoms with van der Waals surface area (Å²) in [5, 5.41) is 0. The van der Waals surface area contributed by atoms with Crippen molar-refractivity contribution in [1.82, 2.24) is 0 Å². The molecule has 0 spiro atoms. The van der Waals surface area contributed by atoms with E-state index in [0.29, 0.717) is 0 Å². The molecule has 0 radical (unpaired) electrons. The molecule has 0 nitrogen and oxygen atoms in total. The fourth-order valence-electron chi connectivity index (χ4n) is 8.30. The van der Waals surface area contributed by atoms with E-state index in [1.54, 1.807) is 24.3 Å². The van der Waals surface area contributed by atoms with Gasteiger partial charge in [-0.3, -0.25) is 0 Å². The largest absolute Gasteiger partial charge is 1.00 e. The summed E-state index contributed by atoms with van der Waals surface area (Å²) in [6.07, 6.45) is 0.925. The van der Waals surface area contributed by atoms with Gasteiger partial charge < -0.3 is 24.8 Å². The minimum absolute atomic E-state index is 0. The second-order valence-electron chi connectivity index (χ2n) is 20.6. The van der Waals surface area contributed by atoms with Crippen molar-refractivity contribution in [3.63, 3.8) is 0 Å². The van der Waals surface area contributed by atoms with Gasteiger partial charge in [0.15, 0.2) is 0 Å². The quantitative estimate of drug-likeness (QED) is 0.154. The molecule has 5 heteroatoms. The first kappa shape index (κ1) is 52.5. The van der Waals surface area contributed by atoms with E-state index in [2.05, 4.69) is 156 Å². The Kier molecular flexibility index (Phi) is 17.2. The predicted molar refractivity (Wildman–Crippen MR) is 257 cm³/mol. The molecule has 0 saturated carbocycles. The number of benzene rings is 6. The predicted octanol–water partition coefficient (Wildman–Crippen LogP) is 10.1. The van der Waals surface area contributed by atoms with Crippen LogP contribution < -0.4 is 24.8 Å². The maximum absolute atomic E-state index is 12.8. The zero-order chi connectivity index (χ0) is 45.2. The number of hydrogen-bond acceptors (Lipinski definition) is 0. The molecule has 0 aromatic heterocycles. The summed E-state index contributed by atoms with van der Waals surface area (Å²) < 4.78 is 26.6. The van der Waals surface area contributed by atoms with Gasteiger partial charge in [0.1, 0.15) is 0 Å². The Morgan fingerprint density at radius 1 is 0.469 bits per heavy atom. The Bertz CT molecular complexity index is 2460. The Morgan fingerprint density at radius 2 is 0.891 bits per heavy atom. The zero-order valence-corrected chi connectivity index (χ0v) is 43.5. The molecule has 0 amide bonds. The van der Waals surface area contributed by atoms with Gasteiger partial charge in [-0.15, -0.1) is 28.8 Å². The van der Waals surface area contributed by atoms with Gasteiger partial charge in [-0.25, -0.2) is 12.1 Å². The van der Waals surface area contributed by atoms with E-state index < -0.39 is 0 Å². The molecule has 0 heterocycles. The average molecular weight is 971 g/mol. The van der Waals surface area contributed by atoms with E-state index in [-0.39, 0.29) is 58.1 Å². The Morgan fingerprint density at radius 3 is 1.33 bits per heavy atom. The Balaban J connectivity index is 0.000000321. The van der Waals surface area contributed by atoms with Crippen LogP contribution in [0.5, 0.6) is 0 Å². The molecular weight excluding hydrogens is 909 g/mol. The molecule has 64 heavy (non-hydrogen) atoms. The van der Waals surface area contributed by atoms with Crippen LogP contribution in [-0.2, 0) is 52.3 Å². The summed E-state index contributed by atoms with van der Waals surface area (Å²) in [6.45, 7) is 28.0. The first-order chi connectivity index (χ1) is 29.0. The first-order valence-electron chi connectivity index (χ1n) is 21.8. The van der Waals surface area contributed by atoms with Gasteiger partial charge in [0, 0.05) is 0 Å². The van der Waals surface area contributed by atoms with Crippen LogP contribution in [0.4, 0.5) is 8.78 Å². The molecule has 332 valence electrons. The van der Waals surface area contributed by atoms with E-state index in [4.69, 9.17) is 0 Å². The fourth-order valence-corrected chi connectivity index (χ4v) is 9.12. The summed E-state index contributed by atoms with van der Waals surface area (Å²) in [7, 11) is 0. The molecule has 0 aliphatic heterocycles.